The van der Waals surface area contributed by atoms with Crippen LogP contribution in [0.5, 0.6) is 0 Å². The van der Waals surface area contributed by atoms with Crippen LogP contribution in [0.2, 0.25) is 5.02 Å². The molecule has 1 atom stereocenters. The summed E-state index contributed by atoms with van der Waals surface area (Å²) in [5.41, 5.74) is 0.954. The van der Waals surface area contributed by atoms with E-state index in [2.05, 4.69) is 6.92 Å². The summed E-state index contributed by atoms with van der Waals surface area (Å²) in [5.74, 6) is 0. The van der Waals surface area contributed by atoms with Crippen molar-refractivity contribution in [2.45, 2.75) is 19.6 Å². The standard InChI is InChI=1S/C12H18ClNO2/c1-2-14-7-11(15)9-16-8-10-5-3-4-6-12(10)13/h3-6,11,14-15H,2,7-9H2,1H3/p+1/t11-/m0/s1. The van der Waals surface area contributed by atoms with Crippen molar-refractivity contribution in [1.82, 2.24) is 0 Å². The first kappa shape index (κ1) is 13.5. The van der Waals surface area contributed by atoms with E-state index in [4.69, 9.17) is 16.3 Å². The van der Waals surface area contributed by atoms with Crippen LogP contribution >= 0.6 is 11.6 Å². The van der Waals surface area contributed by atoms with Gasteiger partial charge in [-0.05, 0) is 18.6 Å². The van der Waals surface area contributed by atoms with Gasteiger partial charge < -0.3 is 15.2 Å². The highest BCUT2D eigenvalue weighted by molar-refractivity contribution is 6.31. The lowest BCUT2D eigenvalue weighted by atomic mass is 10.2. The second-order valence-electron chi connectivity index (χ2n) is 3.69. The zero-order valence-corrected chi connectivity index (χ0v) is 10.3. The highest BCUT2D eigenvalue weighted by atomic mass is 35.5. The Hall–Kier alpha value is -0.610. The fraction of sp³-hybridized carbons (Fsp3) is 0.500. The van der Waals surface area contributed by atoms with Crippen LogP contribution in [0.25, 0.3) is 0 Å². The summed E-state index contributed by atoms with van der Waals surface area (Å²) < 4.78 is 5.40. The minimum absolute atomic E-state index is 0.349. The van der Waals surface area contributed by atoms with Crippen molar-refractivity contribution in [1.29, 1.82) is 0 Å². The molecule has 16 heavy (non-hydrogen) atoms. The first-order valence-corrected chi connectivity index (χ1v) is 5.92. The minimum atomic E-state index is -0.414. The molecule has 0 heterocycles. The second kappa shape index (κ2) is 7.63. The van der Waals surface area contributed by atoms with Crippen molar-refractivity contribution in [3.8, 4) is 0 Å². The predicted molar refractivity (Wildman–Crippen MR) is 64.4 cm³/mol. The van der Waals surface area contributed by atoms with E-state index in [-0.39, 0.29) is 0 Å². The highest BCUT2D eigenvalue weighted by Gasteiger charge is 2.06. The lowest BCUT2D eigenvalue weighted by molar-refractivity contribution is -0.658. The monoisotopic (exact) mass is 244 g/mol. The lowest BCUT2D eigenvalue weighted by Crippen LogP contribution is -2.86. The number of benzene rings is 1. The molecule has 0 radical (unpaired) electrons. The van der Waals surface area contributed by atoms with Crippen LogP contribution in [0, 0.1) is 0 Å². The SMILES string of the molecule is CC[NH2+]C[C@H](O)COCc1ccccc1Cl. The van der Waals surface area contributed by atoms with Gasteiger partial charge in [-0.1, -0.05) is 29.8 Å². The lowest BCUT2D eigenvalue weighted by Gasteiger charge is -2.10. The third-order valence-corrected chi connectivity index (χ3v) is 2.62. The number of quaternary nitrogens is 1. The Morgan fingerprint density at radius 2 is 2.19 bits per heavy atom. The van der Waals surface area contributed by atoms with Gasteiger partial charge in [-0.2, -0.15) is 0 Å². The Morgan fingerprint density at radius 1 is 1.44 bits per heavy atom. The van der Waals surface area contributed by atoms with Gasteiger partial charge in [0.05, 0.1) is 19.8 Å². The summed E-state index contributed by atoms with van der Waals surface area (Å²) >= 11 is 5.97. The number of hydrogen-bond donors (Lipinski definition) is 2. The molecular formula is C12H19ClNO2+. The zero-order valence-electron chi connectivity index (χ0n) is 9.53. The summed E-state index contributed by atoms with van der Waals surface area (Å²) in [6.07, 6.45) is -0.414. The summed E-state index contributed by atoms with van der Waals surface area (Å²) in [5, 5.41) is 12.3. The molecule has 0 aliphatic rings. The number of aliphatic hydroxyl groups is 1. The van der Waals surface area contributed by atoms with Crippen molar-refractivity contribution >= 4 is 11.6 Å². The number of aliphatic hydroxyl groups excluding tert-OH is 1. The average Bonchev–Trinajstić information content (AvgIpc) is 2.29. The van der Waals surface area contributed by atoms with Gasteiger partial charge in [-0.3, -0.25) is 0 Å². The molecule has 3 nitrogen and oxygen atoms in total. The van der Waals surface area contributed by atoms with Crippen LogP contribution in [0.15, 0.2) is 24.3 Å². The maximum Gasteiger partial charge on any atom is 0.126 e. The predicted octanol–water partition coefficient (Wildman–Crippen LogP) is 0.801. The van der Waals surface area contributed by atoms with Crippen LogP contribution in [-0.2, 0) is 11.3 Å². The van der Waals surface area contributed by atoms with E-state index in [1.807, 2.05) is 29.6 Å². The number of ether oxygens (including phenoxy) is 1. The molecule has 0 amide bonds. The third-order valence-electron chi connectivity index (χ3n) is 2.25. The third kappa shape index (κ3) is 4.94. The van der Waals surface area contributed by atoms with Crippen molar-refractivity contribution in [2.75, 3.05) is 19.7 Å². The molecular weight excluding hydrogens is 226 g/mol. The summed E-state index contributed by atoms with van der Waals surface area (Å²) in [4.78, 5) is 0. The molecule has 0 aliphatic carbocycles. The average molecular weight is 245 g/mol. The normalized spacial score (nSPS) is 12.7. The van der Waals surface area contributed by atoms with Crippen LogP contribution in [0.1, 0.15) is 12.5 Å². The molecule has 3 N–H and O–H groups in total. The fourth-order valence-corrected chi connectivity index (χ4v) is 1.54. The van der Waals surface area contributed by atoms with Gasteiger partial charge in [-0.15, -0.1) is 0 Å². The molecule has 0 fully saturated rings. The first-order valence-electron chi connectivity index (χ1n) is 5.55. The molecule has 1 aromatic carbocycles. The van der Waals surface area contributed by atoms with E-state index >= 15 is 0 Å². The van der Waals surface area contributed by atoms with E-state index in [1.165, 1.54) is 0 Å². The molecule has 1 rings (SSSR count). The van der Waals surface area contributed by atoms with Gasteiger partial charge in [0.15, 0.2) is 0 Å². The van der Waals surface area contributed by atoms with E-state index in [0.717, 1.165) is 12.1 Å². The molecule has 90 valence electrons. The van der Waals surface area contributed by atoms with Gasteiger partial charge >= 0.3 is 0 Å². The molecule has 4 heteroatoms. The van der Waals surface area contributed by atoms with E-state index < -0.39 is 6.10 Å². The smallest absolute Gasteiger partial charge is 0.126 e. The van der Waals surface area contributed by atoms with E-state index in [0.29, 0.717) is 24.8 Å². The topological polar surface area (TPSA) is 46.1 Å². The Kier molecular flexibility index (Phi) is 6.42. The maximum atomic E-state index is 9.54. The molecule has 0 unspecified atom stereocenters. The van der Waals surface area contributed by atoms with Crippen molar-refractivity contribution in [2.24, 2.45) is 0 Å². The zero-order chi connectivity index (χ0) is 11.8. The maximum absolute atomic E-state index is 9.54. The number of halogens is 1. The van der Waals surface area contributed by atoms with Crippen LogP contribution < -0.4 is 5.32 Å². The van der Waals surface area contributed by atoms with Crippen LogP contribution in [0.3, 0.4) is 0 Å². The van der Waals surface area contributed by atoms with Gasteiger partial charge in [-0.25, -0.2) is 0 Å². The number of hydrogen-bond acceptors (Lipinski definition) is 2. The van der Waals surface area contributed by atoms with Gasteiger partial charge in [0.25, 0.3) is 0 Å². The molecule has 0 saturated heterocycles. The Morgan fingerprint density at radius 3 is 2.88 bits per heavy atom. The summed E-state index contributed by atoms with van der Waals surface area (Å²) in [7, 11) is 0. The van der Waals surface area contributed by atoms with Crippen LogP contribution in [-0.4, -0.2) is 30.9 Å². The Labute approximate surface area is 101 Å². The summed E-state index contributed by atoms with van der Waals surface area (Å²) in [6.45, 7) is 4.50. The van der Waals surface area contributed by atoms with Crippen molar-refractivity contribution < 1.29 is 15.2 Å². The van der Waals surface area contributed by atoms with Crippen molar-refractivity contribution in [3.63, 3.8) is 0 Å². The number of nitrogens with two attached hydrogens (primary N) is 1. The Bertz CT molecular complexity index is 307. The number of rotatable bonds is 7. The van der Waals surface area contributed by atoms with E-state index in [9.17, 15) is 5.11 Å². The van der Waals surface area contributed by atoms with Crippen molar-refractivity contribution in [3.05, 3.63) is 34.9 Å². The minimum Gasteiger partial charge on any atom is -0.385 e. The molecule has 0 spiro atoms. The quantitative estimate of drug-likeness (QED) is 0.746. The molecule has 0 bridgehead atoms. The fourth-order valence-electron chi connectivity index (χ4n) is 1.35. The van der Waals surface area contributed by atoms with E-state index in [1.54, 1.807) is 0 Å². The van der Waals surface area contributed by atoms with Gasteiger partial charge in [0.2, 0.25) is 0 Å². The molecule has 0 saturated carbocycles. The highest BCUT2D eigenvalue weighted by Crippen LogP contribution is 2.15. The molecule has 0 aliphatic heterocycles. The van der Waals surface area contributed by atoms with Gasteiger partial charge in [0, 0.05) is 5.02 Å². The first-order chi connectivity index (χ1) is 7.74. The molecule has 1 aromatic rings. The largest absolute Gasteiger partial charge is 0.385 e. The summed E-state index contributed by atoms with van der Waals surface area (Å²) in [6, 6.07) is 7.57. The number of likely N-dealkylation sites (N-methyl/N-ethyl adjacent to an activating group) is 1. The van der Waals surface area contributed by atoms with Crippen LogP contribution in [0.4, 0.5) is 0 Å². The molecule has 0 aromatic heterocycles. The van der Waals surface area contributed by atoms with Gasteiger partial charge in [0.1, 0.15) is 12.6 Å². The Balaban J connectivity index is 2.23. The second-order valence-corrected chi connectivity index (χ2v) is 4.10.